The van der Waals surface area contributed by atoms with Crippen LogP contribution in [0.15, 0.2) is 30.5 Å². The van der Waals surface area contributed by atoms with E-state index in [1.165, 1.54) is 23.0 Å². The fourth-order valence-corrected chi connectivity index (χ4v) is 1.80. The van der Waals surface area contributed by atoms with Crippen molar-refractivity contribution >= 4 is 5.97 Å². The second kappa shape index (κ2) is 6.25. The second-order valence-electron chi connectivity index (χ2n) is 4.40. The van der Waals surface area contributed by atoms with E-state index in [-0.39, 0.29) is 17.6 Å². The molecule has 1 atom stereocenters. The number of nitrogens with one attached hydrogen (secondary N) is 1. The molecule has 7 heteroatoms. The third-order valence-corrected chi connectivity index (χ3v) is 2.90. The van der Waals surface area contributed by atoms with Gasteiger partial charge in [0, 0.05) is 12.6 Å². The van der Waals surface area contributed by atoms with E-state index in [0.717, 1.165) is 5.56 Å². The van der Waals surface area contributed by atoms with Crippen LogP contribution in [0.25, 0.3) is 0 Å². The zero-order valence-electron chi connectivity index (χ0n) is 11.0. The number of aromatic carboxylic acids is 1. The van der Waals surface area contributed by atoms with Crippen LogP contribution in [0.2, 0.25) is 0 Å². The minimum Gasteiger partial charge on any atom is -0.476 e. The molecule has 1 aromatic heterocycles. The number of aromatic nitrogens is 3. The van der Waals surface area contributed by atoms with Crippen molar-refractivity contribution in [3.05, 3.63) is 47.5 Å². The van der Waals surface area contributed by atoms with Crippen molar-refractivity contribution in [2.45, 2.75) is 19.5 Å². The Bertz CT molecular complexity index is 600. The largest absolute Gasteiger partial charge is 0.476 e. The van der Waals surface area contributed by atoms with Crippen LogP contribution in [0.3, 0.4) is 0 Å². The van der Waals surface area contributed by atoms with Crippen LogP contribution in [-0.2, 0) is 6.54 Å². The lowest BCUT2D eigenvalue weighted by Gasteiger charge is -2.14. The molecule has 0 aliphatic heterocycles. The predicted octanol–water partition coefficient (Wildman–Crippen LogP) is 1.47. The van der Waals surface area contributed by atoms with Crippen LogP contribution in [-0.4, -0.2) is 32.6 Å². The fourth-order valence-electron chi connectivity index (χ4n) is 1.80. The Balaban J connectivity index is 1.84. The molecular weight excluding hydrogens is 263 g/mol. The normalized spacial score (nSPS) is 12.3. The summed E-state index contributed by atoms with van der Waals surface area (Å²) in [5.74, 6) is -1.36. The molecule has 1 heterocycles. The van der Waals surface area contributed by atoms with Crippen LogP contribution in [0, 0.1) is 5.82 Å². The maximum absolute atomic E-state index is 13.1. The zero-order valence-corrected chi connectivity index (χ0v) is 11.0. The van der Waals surface area contributed by atoms with Crippen molar-refractivity contribution in [1.29, 1.82) is 0 Å². The molecule has 0 unspecified atom stereocenters. The third kappa shape index (κ3) is 3.61. The molecule has 0 saturated carbocycles. The van der Waals surface area contributed by atoms with Crippen LogP contribution >= 0.6 is 0 Å². The molecule has 0 amide bonds. The van der Waals surface area contributed by atoms with Gasteiger partial charge in [-0.25, -0.2) is 9.18 Å². The van der Waals surface area contributed by atoms with E-state index in [0.29, 0.717) is 13.1 Å². The highest BCUT2D eigenvalue weighted by atomic mass is 19.1. The van der Waals surface area contributed by atoms with Crippen molar-refractivity contribution in [2.75, 3.05) is 6.54 Å². The molecule has 0 radical (unpaired) electrons. The lowest BCUT2D eigenvalue weighted by molar-refractivity contribution is 0.0690. The van der Waals surface area contributed by atoms with E-state index in [4.69, 9.17) is 5.11 Å². The van der Waals surface area contributed by atoms with Crippen LogP contribution in [0.4, 0.5) is 4.39 Å². The number of hydrogen-bond acceptors (Lipinski definition) is 4. The lowest BCUT2D eigenvalue weighted by atomic mass is 10.1. The lowest BCUT2D eigenvalue weighted by Crippen LogP contribution is -2.23. The molecule has 0 aliphatic rings. The van der Waals surface area contributed by atoms with Crippen LogP contribution < -0.4 is 5.32 Å². The molecule has 0 fully saturated rings. The number of carboxylic acid groups (broad SMARTS) is 1. The van der Waals surface area contributed by atoms with E-state index < -0.39 is 5.97 Å². The van der Waals surface area contributed by atoms with Gasteiger partial charge in [-0.1, -0.05) is 17.3 Å². The minimum atomic E-state index is -1.10. The SMILES string of the molecule is C[C@@H](NCCn1cc(C(=O)O)nn1)c1cccc(F)c1. The molecule has 20 heavy (non-hydrogen) atoms. The smallest absolute Gasteiger partial charge is 0.358 e. The summed E-state index contributed by atoms with van der Waals surface area (Å²) in [5, 5.41) is 19.2. The average molecular weight is 278 g/mol. The van der Waals surface area contributed by atoms with Crippen molar-refractivity contribution in [2.24, 2.45) is 0 Å². The van der Waals surface area contributed by atoms with Crippen molar-refractivity contribution in [3.8, 4) is 0 Å². The Kier molecular flexibility index (Phi) is 4.41. The second-order valence-corrected chi connectivity index (χ2v) is 4.40. The van der Waals surface area contributed by atoms with Crippen molar-refractivity contribution in [3.63, 3.8) is 0 Å². The van der Waals surface area contributed by atoms with Gasteiger partial charge in [-0.3, -0.25) is 4.68 Å². The summed E-state index contributed by atoms with van der Waals surface area (Å²) >= 11 is 0. The van der Waals surface area contributed by atoms with Gasteiger partial charge < -0.3 is 10.4 Å². The number of halogens is 1. The molecule has 0 saturated heterocycles. The number of carboxylic acids is 1. The fraction of sp³-hybridized carbons (Fsp3) is 0.308. The number of carbonyl (C=O) groups is 1. The molecule has 0 aliphatic carbocycles. The van der Waals surface area contributed by atoms with Crippen LogP contribution in [0.1, 0.15) is 29.0 Å². The summed E-state index contributed by atoms with van der Waals surface area (Å²) in [6.07, 6.45) is 1.37. The first kappa shape index (κ1) is 14.1. The van der Waals surface area contributed by atoms with Gasteiger partial charge in [-0.15, -0.1) is 5.10 Å². The Morgan fingerprint density at radius 1 is 1.55 bits per heavy atom. The van der Waals surface area contributed by atoms with Gasteiger partial charge in [0.2, 0.25) is 0 Å². The van der Waals surface area contributed by atoms with Crippen LogP contribution in [0.5, 0.6) is 0 Å². The highest BCUT2D eigenvalue weighted by Gasteiger charge is 2.09. The number of benzene rings is 1. The number of nitrogens with zero attached hydrogens (tertiary/aromatic N) is 3. The highest BCUT2D eigenvalue weighted by Crippen LogP contribution is 2.12. The van der Waals surface area contributed by atoms with Gasteiger partial charge in [-0.2, -0.15) is 0 Å². The quantitative estimate of drug-likeness (QED) is 0.836. The maximum atomic E-state index is 13.1. The molecule has 2 N–H and O–H groups in total. The molecule has 0 bridgehead atoms. The highest BCUT2D eigenvalue weighted by molar-refractivity contribution is 5.84. The average Bonchev–Trinajstić information content (AvgIpc) is 2.87. The van der Waals surface area contributed by atoms with Gasteiger partial charge in [0.25, 0.3) is 0 Å². The summed E-state index contributed by atoms with van der Waals surface area (Å²) in [6.45, 7) is 2.98. The predicted molar refractivity (Wildman–Crippen MR) is 69.8 cm³/mol. The topological polar surface area (TPSA) is 80.0 Å². The minimum absolute atomic E-state index is 0.00633. The van der Waals surface area contributed by atoms with Gasteiger partial charge >= 0.3 is 5.97 Å². The van der Waals surface area contributed by atoms with Crippen molar-refractivity contribution < 1.29 is 14.3 Å². The molecular formula is C13H15FN4O2. The first-order valence-corrected chi connectivity index (χ1v) is 6.18. The summed E-state index contributed by atoms with van der Waals surface area (Å²) in [4.78, 5) is 10.6. The maximum Gasteiger partial charge on any atom is 0.358 e. The third-order valence-electron chi connectivity index (χ3n) is 2.90. The summed E-state index contributed by atoms with van der Waals surface area (Å²) in [6, 6.07) is 6.39. The van der Waals surface area contributed by atoms with Gasteiger partial charge in [0.1, 0.15) is 5.82 Å². The monoisotopic (exact) mass is 278 g/mol. The Morgan fingerprint density at radius 2 is 2.35 bits per heavy atom. The van der Waals surface area contributed by atoms with Gasteiger partial charge in [-0.05, 0) is 24.6 Å². The molecule has 2 rings (SSSR count). The zero-order chi connectivity index (χ0) is 14.5. The van der Waals surface area contributed by atoms with E-state index in [2.05, 4.69) is 15.6 Å². The Morgan fingerprint density at radius 3 is 3.00 bits per heavy atom. The van der Waals surface area contributed by atoms with Gasteiger partial charge in [0.15, 0.2) is 5.69 Å². The summed E-state index contributed by atoms with van der Waals surface area (Å²) in [7, 11) is 0. The summed E-state index contributed by atoms with van der Waals surface area (Å²) < 4.78 is 14.5. The Hall–Kier alpha value is -2.28. The molecule has 1 aromatic carbocycles. The first-order valence-electron chi connectivity index (χ1n) is 6.18. The molecule has 2 aromatic rings. The number of rotatable bonds is 6. The van der Waals surface area contributed by atoms with E-state index in [9.17, 15) is 9.18 Å². The molecule has 106 valence electrons. The van der Waals surface area contributed by atoms with E-state index in [1.807, 2.05) is 13.0 Å². The van der Waals surface area contributed by atoms with E-state index >= 15 is 0 Å². The first-order chi connectivity index (χ1) is 9.56. The summed E-state index contributed by atoms with van der Waals surface area (Å²) in [5.41, 5.74) is 0.776. The molecule has 0 spiro atoms. The standard InChI is InChI=1S/C13H15FN4O2/c1-9(10-3-2-4-11(14)7-10)15-5-6-18-8-12(13(19)20)16-17-18/h2-4,7-9,15H,5-6H2,1H3,(H,19,20)/t9-/m1/s1. The molecule has 6 nitrogen and oxygen atoms in total. The van der Waals surface area contributed by atoms with E-state index in [1.54, 1.807) is 6.07 Å². The van der Waals surface area contributed by atoms with Gasteiger partial charge in [0.05, 0.1) is 12.7 Å². The number of hydrogen-bond donors (Lipinski definition) is 2. The Labute approximate surface area is 115 Å². The van der Waals surface area contributed by atoms with Crippen molar-refractivity contribution in [1.82, 2.24) is 20.3 Å².